The Morgan fingerprint density at radius 1 is 0.533 bits per heavy atom. The minimum Gasteiger partial charge on any atom is -0.481 e. The zero-order chi connectivity index (χ0) is 43.5. The lowest BCUT2D eigenvalue weighted by Crippen LogP contribution is -2.58. The fourth-order valence-corrected chi connectivity index (χ4v) is 17.7. The second kappa shape index (κ2) is 17.7. The Bertz CT molecular complexity index is 1560. The van der Waals surface area contributed by atoms with Crippen LogP contribution in [-0.2, 0) is 14.4 Å². The quantitative estimate of drug-likeness (QED) is 0.114. The molecule has 0 radical (unpaired) electrons. The summed E-state index contributed by atoms with van der Waals surface area (Å²) in [7, 11) is 0. The molecule has 10 heteroatoms. The Labute approximate surface area is 360 Å². The van der Waals surface area contributed by atoms with Crippen molar-refractivity contribution in [2.75, 3.05) is 6.54 Å². The van der Waals surface area contributed by atoms with Crippen LogP contribution in [0, 0.1) is 92.7 Å². The number of amides is 1. The van der Waals surface area contributed by atoms with Gasteiger partial charge in [0.1, 0.15) is 6.54 Å². The highest BCUT2D eigenvalue weighted by molar-refractivity contribution is 5.81. The number of carbonyl (C=O) groups is 3. The summed E-state index contributed by atoms with van der Waals surface area (Å²) in [6.07, 6.45) is 18.3. The lowest BCUT2D eigenvalue weighted by molar-refractivity contribution is -0.174. The van der Waals surface area contributed by atoms with E-state index in [2.05, 4.69) is 46.9 Å². The number of fused-ring (bicyclic) bond motifs is 10. The maximum Gasteiger partial charge on any atom is 0.322 e. The van der Waals surface area contributed by atoms with E-state index in [0.29, 0.717) is 77.4 Å². The van der Waals surface area contributed by atoms with Crippen LogP contribution in [-0.4, -0.2) is 79.4 Å². The predicted molar refractivity (Wildman–Crippen MR) is 230 cm³/mol. The summed E-state index contributed by atoms with van der Waals surface area (Å²) < 4.78 is 0. The first-order valence-corrected chi connectivity index (χ1v) is 24.7. The van der Waals surface area contributed by atoms with Gasteiger partial charge in [-0.1, -0.05) is 41.5 Å². The molecule has 8 unspecified atom stereocenters. The maximum atomic E-state index is 12.0. The van der Waals surface area contributed by atoms with Crippen molar-refractivity contribution in [2.24, 2.45) is 92.7 Å². The maximum absolute atomic E-state index is 12.0. The van der Waals surface area contributed by atoms with Crippen LogP contribution in [0.15, 0.2) is 0 Å². The molecule has 8 aliphatic rings. The number of hydrogen-bond donors (Lipinski definition) is 7. The van der Waals surface area contributed by atoms with Crippen LogP contribution < -0.4 is 5.32 Å². The van der Waals surface area contributed by atoms with Crippen molar-refractivity contribution < 1.29 is 45.0 Å². The molecule has 0 aromatic carbocycles. The highest BCUT2D eigenvalue weighted by atomic mass is 16.4. The van der Waals surface area contributed by atoms with Crippen LogP contribution in [0.2, 0.25) is 0 Å². The van der Waals surface area contributed by atoms with Crippen molar-refractivity contribution in [1.29, 1.82) is 0 Å². The summed E-state index contributed by atoms with van der Waals surface area (Å²) in [4.78, 5) is 33.8. The minimum absolute atomic E-state index is 0.177. The molecule has 8 aliphatic carbocycles. The molecular formula is C50H83NO9. The molecular weight excluding hydrogens is 759 g/mol. The van der Waals surface area contributed by atoms with Gasteiger partial charge in [-0.15, -0.1) is 0 Å². The summed E-state index contributed by atoms with van der Waals surface area (Å²) in [6, 6.07) is 0. The molecule has 0 heterocycles. The van der Waals surface area contributed by atoms with E-state index in [1.54, 1.807) is 0 Å². The van der Waals surface area contributed by atoms with E-state index in [0.717, 1.165) is 77.0 Å². The number of carboxylic acids is 2. The molecule has 8 fully saturated rings. The number of hydrogen-bond acceptors (Lipinski definition) is 7. The van der Waals surface area contributed by atoms with Crippen LogP contribution in [0.4, 0.5) is 0 Å². The van der Waals surface area contributed by atoms with Gasteiger partial charge in [-0.2, -0.15) is 0 Å². The van der Waals surface area contributed by atoms with Gasteiger partial charge in [0.15, 0.2) is 0 Å². The summed E-state index contributed by atoms with van der Waals surface area (Å²) in [6.45, 7) is 14.0. The van der Waals surface area contributed by atoms with E-state index >= 15 is 0 Å². The van der Waals surface area contributed by atoms with Gasteiger partial charge in [0.25, 0.3) is 0 Å². The number of aliphatic carboxylic acids is 2. The van der Waals surface area contributed by atoms with E-state index in [9.17, 15) is 34.8 Å². The van der Waals surface area contributed by atoms with Gasteiger partial charge in [0.05, 0.1) is 24.4 Å². The van der Waals surface area contributed by atoms with E-state index in [1.807, 2.05) is 0 Å². The normalized spacial score (nSPS) is 48.9. The fraction of sp³-hybridized carbons (Fsp3) is 0.940. The van der Waals surface area contributed by atoms with Gasteiger partial charge in [-0.05, 0) is 208 Å². The molecule has 0 bridgehead atoms. The lowest BCUT2D eigenvalue weighted by Gasteiger charge is -2.62. The molecule has 0 saturated heterocycles. The molecule has 1 amide bonds. The van der Waals surface area contributed by atoms with Crippen molar-refractivity contribution in [1.82, 2.24) is 5.32 Å². The first-order valence-electron chi connectivity index (χ1n) is 24.7. The second-order valence-corrected chi connectivity index (χ2v) is 23.5. The molecule has 0 aromatic rings. The Kier molecular flexibility index (Phi) is 13.6. The number of aliphatic hydroxyl groups is 4. The second-order valence-electron chi connectivity index (χ2n) is 23.5. The summed E-state index contributed by atoms with van der Waals surface area (Å²) >= 11 is 0. The SMILES string of the molecule is C[C@H](CCC(=O)NCC(=O)O)C1CCC2C3C(CC[C@@]21C)[C@@]1(C)CC[C@@H](O)C[C@H]1C[C@H]3O.C[C@H](CCC(=O)O)C1CCC2C3C(CC[C@@]21C)[C@@]1(C)CC[C@@H](O)C[C@H]1C[C@H]3O. The van der Waals surface area contributed by atoms with Gasteiger partial charge < -0.3 is 36.0 Å². The summed E-state index contributed by atoms with van der Waals surface area (Å²) in [5, 5.41) is 63.3. The van der Waals surface area contributed by atoms with Crippen LogP contribution in [0.1, 0.15) is 170 Å². The molecule has 0 aliphatic heterocycles. The molecule has 8 saturated carbocycles. The summed E-state index contributed by atoms with van der Waals surface area (Å²) in [5.41, 5.74) is 0.974. The van der Waals surface area contributed by atoms with Gasteiger partial charge >= 0.3 is 11.9 Å². The van der Waals surface area contributed by atoms with Crippen molar-refractivity contribution in [3.8, 4) is 0 Å². The average Bonchev–Trinajstić information content (AvgIpc) is 3.73. The molecule has 20 atom stereocenters. The van der Waals surface area contributed by atoms with Gasteiger partial charge in [-0.25, -0.2) is 0 Å². The number of rotatable bonds is 10. The predicted octanol–water partition coefficient (Wildman–Crippen LogP) is 8.07. The number of carboxylic acid groups (broad SMARTS) is 2. The third kappa shape index (κ3) is 8.37. The Balaban J connectivity index is 0.000000183. The standard InChI is InChI=1S/C26H43NO5.C24H40O4/c1-15(4-7-22(30)27-14-23(31)32)18-5-6-19-24-20(9-11-26(18,19)3)25(2)10-8-17(28)12-16(25)13-21(24)29;1-14(4-7-21(27)28)17-5-6-18-22-19(9-11-24(17,18)3)23(2)10-8-16(25)12-15(23)13-20(22)26/h15-21,24,28-29H,4-14H2,1-3H3,(H,27,30)(H,31,32);14-20,22,25-26H,4-13H2,1-3H3,(H,27,28)/t15-,16+,17-,18?,19?,20?,21-,24?,25+,26-;14-,15+,16-,17?,18?,19?,20-,22?,23+,24-/m11/s1. The van der Waals surface area contributed by atoms with Crippen LogP contribution in [0.3, 0.4) is 0 Å². The zero-order valence-corrected chi connectivity index (χ0v) is 38.0. The van der Waals surface area contributed by atoms with Crippen LogP contribution in [0.5, 0.6) is 0 Å². The van der Waals surface area contributed by atoms with Crippen molar-refractivity contribution in [3.63, 3.8) is 0 Å². The lowest BCUT2D eigenvalue weighted by atomic mass is 9.43. The van der Waals surface area contributed by atoms with Crippen LogP contribution >= 0.6 is 0 Å². The van der Waals surface area contributed by atoms with Gasteiger partial charge in [0, 0.05) is 12.8 Å². The first-order chi connectivity index (χ1) is 28.2. The Morgan fingerprint density at radius 2 is 0.933 bits per heavy atom. The largest absolute Gasteiger partial charge is 0.481 e. The van der Waals surface area contributed by atoms with E-state index in [4.69, 9.17) is 10.2 Å². The van der Waals surface area contributed by atoms with E-state index < -0.39 is 11.9 Å². The number of carbonyl (C=O) groups excluding carboxylic acids is 1. The molecule has 0 spiro atoms. The fourth-order valence-electron chi connectivity index (χ4n) is 17.7. The molecule has 8 rings (SSSR count). The number of aliphatic hydroxyl groups excluding tert-OH is 4. The molecule has 7 N–H and O–H groups in total. The van der Waals surface area contributed by atoms with Crippen LogP contribution in [0.25, 0.3) is 0 Å². The van der Waals surface area contributed by atoms with Crippen molar-refractivity contribution in [2.45, 2.75) is 194 Å². The highest BCUT2D eigenvalue weighted by Gasteiger charge is 2.64. The topological polar surface area (TPSA) is 185 Å². The van der Waals surface area contributed by atoms with Crippen molar-refractivity contribution in [3.05, 3.63) is 0 Å². The Morgan fingerprint density at radius 3 is 1.35 bits per heavy atom. The zero-order valence-electron chi connectivity index (χ0n) is 38.0. The average molecular weight is 842 g/mol. The van der Waals surface area contributed by atoms with E-state index in [1.165, 1.54) is 38.5 Å². The molecule has 60 heavy (non-hydrogen) atoms. The summed E-state index contributed by atoms with van der Waals surface area (Å²) in [5.74, 6) is 4.01. The minimum atomic E-state index is -1.01. The Hall–Kier alpha value is -1.75. The number of nitrogens with one attached hydrogen (secondary N) is 1. The molecule has 342 valence electrons. The highest BCUT2D eigenvalue weighted by Crippen LogP contribution is 2.70. The third-order valence-corrected chi connectivity index (χ3v) is 20.9. The third-order valence-electron chi connectivity index (χ3n) is 20.9. The smallest absolute Gasteiger partial charge is 0.322 e. The van der Waals surface area contributed by atoms with E-state index in [-0.39, 0.29) is 64.9 Å². The van der Waals surface area contributed by atoms with Gasteiger partial charge in [-0.3, -0.25) is 14.4 Å². The monoisotopic (exact) mass is 842 g/mol. The molecule has 10 nitrogen and oxygen atoms in total. The van der Waals surface area contributed by atoms with Gasteiger partial charge in [0.2, 0.25) is 5.91 Å². The van der Waals surface area contributed by atoms with Crippen molar-refractivity contribution >= 4 is 17.8 Å². The molecule has 0 aromatic heterocycles. The first kappa shape index (κ1) is 46.2.